The first kappa shape index (κ1) is 13.4. The summed E-state index contributed by atoms with van der Waals surface area (Å²) in [6.45, 7) is 4.68. The fraction of sp³-hybridized carbons (Fsp3) is 0.429. The number of pyridine rings is 1. The number of rotatable bonds is 5. The van der Waals surface area contributed by atoms with Gasteiger partial charge in [-0.2, -0.15) is 0 Å². The van der Waals surface area contributed by atoms with Crippen LogP contribution in [0.15, 0.2) is 18.3 Å². The number of methoxy groups -OCH3 is 1. The highest BCUT2D eigenvalue weighted by Crippen LogP contribution is 2.22. The standard InChI is InChI=1S/C14H19N3O2/c1-4-8-15-14(18)12-10(5-2)16-13-11(19-3)7-6-9-17(12)13/h6-7,9H,4-5,8H2,1-3H3,(H,15,18). The van der Waals surface area contributed by atoms with Gasteiger partial charge in [-0.1, -0.05) is 13.8 Å². The zero-order valence-corrected chi connectivity index (χ0v) is 11.6. The number of imidazole rings is 1. The monoisotopic (exact) mass is 261 g/mol. The Kier molecular flexibility index (Phi) is 4.04. The van der Waals surface area contributed by atoms with Crippen LogP contribution in [0.5, 0.6) is 5.75 Å². The molecule has 0 aliphatic carbocycles. The molecule has 0 aliphatic rings. The molecule has 5 nitrogen and oxygen atoms in total. The lowest BCUT2D eigenvalue weighted by molar-refractivity contribution is 0.0947. The van der Waals surface area contributed by atoms with Gasteiger partial charge >= 0.3 is 0 Å². The third-order valence-corrected chi connectivity index (χ3v) is 2.99. The highest BCUT2D eigenvalue weighted by atomic mass is 16.5. The normalized spacial score (nSPS) is 10.7. The Morgan fingerprint density at radius 2 is 2.26 bits per heavy atom. The van der Waals surface area contributed by atoms with Crippen molar-refractivity contribution in [2.24, 2.45) is 0 Å². The predicted molar refractivity (Wildman–Crippen MR) is 73.7 cm³/mol. The Bertz CT molecular complexity index is 590. The van der Waals surface area contributed by atoms with Gasteiger partial charge in [0.05, 0.1) is 12.8 Å². The van der Waals surface area contributed by atoms with E-state index in [1.807, 2.05) is 32.2 Å². The van der Waals surface area contributed by atoms with Crippen LogP contribution in [0, 0.1) is 0 Å². The summed E-state index contributed by atoms with van der Waals surface area (Å²) in [7, 11) is 1.60. The molecule has 0 unspecified atom stereocenters. The van der Waals surface area contributed by atoms with Crippen molar-refractivity contribution in [1.82, 2.24) is 14.7 Å². The number of carbonyl (C=O) groups excluding carboxylic acids is 1. The van der Waals surface area contributed by atoms with E-state index in [0.717, 1.165) is 12.1 Å². The Morgan fingerprint density at radius 1 is 1.47 bits per heavy atom. The average molecular weight is 261 g/mol. The maximum Gasteiger partial charge on any atom is 0.270 e. The van der Waals surface area contributed by atoms with E-state index in [2.05, 4.69) is 10.3 Å². The molecule has 0 fully saturated rings. The van der Waals surface area contributed by atoms with E-state index in [9.17, 15) is 4.79 Å². The van der Waals surface area contributed by atoms with Crippen molar-refractivity contribution in [2.75, 3.05) is 13.7 Å². The van der Waals surface area contributed by atoms with E-state index < -0.39 is 0 Å². The molecular weight excluding hydrogens is 242 g/mol. The molecule has 0 atom stereocenters. The number of fused-ring (bicyclic) bond motifs is 1. The zero-order valence-electron chi connectivity index (χ0n) is 11.6. The highest BCUT2D eigenvalue weighted by molar-refractivity contribution is 5.95. The van der Waals surface area contributed by atoms with E-state index in [1.165, 1.54) is 0 Å². The number of nitrogens with one attached hydrogen (secondary N) is 1. The molecule has 2 heterocycles. The van der Waals surface area contributed by atoms with Crippen molar-refractivity contribution in [3.8, 4) is 5.75 Å². The first-order valence-corrected chi connectivity index (χ1v) is 6.55. The molecule has 2 aromatic rings. The number of nitrogens with zero attached hydrogens (tertiary/aromatic N) is 2. The highest BCUT2D eigenvalue weighted by Gasteiger charge is 2.19. The summed E-state index contributed by atoms with van der Waals surface area (Å²) in [5.41, 5.74) is 2.08. The minimum Gasteiger partial charge on any atom is -0.493 e. The quantitative estimate of drug-likeness (QED) is 0.896. The minimum absolute atomic E-state index is 0.0838. The smallest absolute Gasteiger partial charge is 0.270 e. The second-order valence-electron chi connectivity index (χ2n) is 4.29. The van der Waals surface area contributed by atoms with Crippen molar-refractivity contribution in [2.45, 2.75) is 26.7 Å². The van der Waals surface area contributed by atoms with E-state index in [0.29, 0.717) is 30.1 Å². The molecular formula is C14H19N3O2. The third-order valence-electron chi connectivity index (χ3n) is 2.99. The van der Waals surface area contributed by atoms with Crippen molar-refractivity contribution in [3.05, 3.63) is 29.7 Å². The van der Waals surface area contributed by atoms with Crippen LogP contribution in [0.2, 0.25) is 0 Å². The lowest BCUT2D eigenvalue weighted by Gasteiger charge is -2.06. The van der Waals surface area contributed by atoms with Crippen molar-refractivity contribution < 1.29 is 9.53 Å². The Balaban J connectivity index is 2.55. The van der Waals surface area contributed by atoms with Crippen molar-refractivity contribution in [1.29, 1.82) is 0 Å². The second kappa shape index (κ2) is 5.73. The van der Waals surface area contributed by atoms with Gasteiger partial charge < -0.3 is 10.1 Å². The van der Waals surface area contributed by atoms with E-state index >= 15 is 0 Å². The van der Waals surface area contributed by atoms with E-state index in [1.54, 1.807) is 11.5 Å². The fourth-order valence-corrected chi connectivity index (χ4v) is 2.06. The largest absolute Gasteiger partial charge is 0.493 e. The fourth-order valence-electron chi connectivity index (χ4n) is 2.06. The number of ether oxygens (including phenoxy) is 1. The maximum absolute atomic E-state index is 12.2. The van der Waals surface area contributed by atoms with Crippen LogP contribution < -0.4 is 10.1 Å². The van der Waals surface area contributed by atoms with Gasteiger partial charge in [0.25, 0.3) is 5.91 Å². The number of aromatic nitrogens is 2. The van der Waals surface area contributed by atoms with Crippen LogP contribution in [0.25, 0.3) is 5.65 Å². The molecule has 5 heteroatoms. The molecule has 2 aromatic heterocycles. The molecule has 0 spiro atoms. The van der Waals surface area contributed by atoms with Crippen LogP contribution in [-0.2, 0) is 6.42 Å². The van der Waals surface area contributed by atoms with Crippen molar-refractivity contribution in [3.63, 3.8) is 0 Å². The third kappa shape index (κ3) is 2.41. The molecule has 1 amide bonds. The molecule has 0 bridgehead atoms. The molecule has 0 aliphatic heterocycles. The Labute approximate surface area is 112 Å². The zero-order chi connectivity index (χ0) is 13.8. The van der Waals surface area contributed by atoms with E-state index in [-0.39, 0.29) is 5.91 Å². The summed E-state index contributed by atoms with van der Waals surface area (Å²) >= 11 is 0. The van der Waals surface area contributed by atoms with Gasteiger partial charge in [0.2, 0.25) is 0 Å². The van der Waals surface area contributed by atoms with Crippen molar-refractivity contribution >= 4 is 11.6 Å². The SMILES string of the molecule is CCCNC(=O)c1c(CC)nc2c(OC)cccn12. The molecule has 0 radical (unpaired) electrons. The molecule has 0 saturated heterocycles. The van der Waals surface area contributed by atoms with Crippen LogP contribution in [0.3, 0.4) is 0 Å². The summed E-state index contributed by atoms with van der Waals surface area (Å²) in [4.78, 5) is 16.8. The Hall–Kier alpha value is -2.04. The van der Waals surface area contributed by atoms with Gasteiger partial charge in [0, 0.05) is 12.7 Å². The van der Waals surface area contributed by atoms with Gasteiger partial charge in [0.15, 0.2) is 11.4 Å². The minimum atomic E-state index is -0.0838. The van der Waals surface area contributed by atoms with Gasteiger partial charge in [-0.25, -0.2) is 4.98 Å². The molecule has 102 valence electrons. The molecule has 1 N–H and O–H groups in total. The molecule has 19 heavy (non-hydrogen) atoms. The van der Waals surface area contributed by atoms with E-state index in [4.69, 9.17) is 4.74 Å². The number of aryl methyl sites for hydroxylation is 1. The average Bonchev–Trinajstić information content (AvgIpc) is 2.83. The summed E-state index contributed by atoms with van der Waals surface area (Å²) in [5.74, 6) is 0.589. The molecule has 0 aromatic carbocycles. The number of hydrogen-bond donors (Lipinski definition) is 1. The first-order valence-electron chi connectivity index (χ1n) is 6.55. The molecule has 2 rings (SSSR count). The van der Waals surface area contributed by atoms with Crippen LogP contribution in [-0.4, -0.2) is 28.9 Å². The lowest BCUT2D eigenvalue weighted by Crippen LogP contribution is -2.26. The van der Waals surface area contributed by atoms with Crippen LogP contribution in [0.1, 0.15) is 36.5 Å². The Morgan fingerprint density at radius 3 is 2.89 bits per heavy atom. The topological polar surface area (TPSA) is 55.6 Å². The van der Waals surface area contributed by atoms with Gasteiger partial charge in [-0.3, -0.25) is 9.20 Å². The van der Waals surface area contributed by atoms with Gasteiger partial charge in [-0.15, -0.1) is 0 Å². The summed E-state index contributed by atoms with van der Waals surface area (Å²) < 4.78 is 7.08. The lowest BCUT2D eigenvalue weighted by atomic mass is 10.2. The first-order chi connectivity index (χ1) is 9.22. The van der Waals surface area contributed by atoms with Gasteiger partial charge in [0.1, 0.15) is 5.69 Å². The number of carbonyl (C=O) groups is 1. The van der Waals surface area contributed by atoms with Crippen LogP contribution in [0.4, 0.5) is 0 Å². The van der Waals surface area contributed by atoms with Crippen LogP contribution >= 0.6 is 0 Å². The summed E-state index contributed by atoms with van der Waals surface area (Å²) in [5, 5.41) is 2.90. The summed E-state index contributed by atoms with van der Waals surface area (Å²) in [6, 6.07) is 3.69. The maximum atomic E-state index is 12.2. The summed E-state index contributed by atoms with van der Waals surface area (Å²) in [6.07, 6.45) is 3.46. The predicted octanol–water partition coefficient (Wildman–Crippen LogP) is 2.05. The van der Waals surface area contributed by atoms with Gasteiger partial charge in [-0.05, 0) is 25.0 Å². The molecule has 0 saturated carbocycles. The second-order valence-corrected chi connectivity index (χ2v) is 4.29. The number of hydrogen-bond acceptors (Lipinski definition) is 3. The number of amides is 1.